The number of carbonyl (C=O) groups is 1. The summed E-state index contributed by atoms with van der Waals surface area (Å²) in [7, 11) is 4.70. The van der Waals surface area contributed by atoms with Crippen LogP contribution in [-0.2, 0) is 11.3 Å². The zero-order valence-corrected chi connectivity index (χ0v) is 16.0. The molecule has 2 aromatic carbocycles. The van der Waals surface area contributed by atoms with E-state index in [0.717, 1.165) is 15.7 Å². The van der Waals surface area contributed by atoms with Gasteiger partial charge >= 0.3 is 0 Å². The fourth-order valence-corrected chi connectivity index (χ4v) is 2.50. The summed E-state index contributed by atoms with van der Waals surface area (Å²) in [6.07, 6.45) is 0. The first-order chi connectivity index (χ1) is 12.1. The Hall–Kier alpha value is -2.41. The first-order valence-electron chi connectivity index (χ1n) is 7.62. The molecule has 2 rings (SSSR count). The third-order valence-corrected chi connectivity index (χ3v) is 4.09. The molecule has 0 fully saturated rings. The minimum Gasteiger partial charge on any atom is -0.496 e. The number of anilines is 1. The van der Waals surface area contributed by atoms with Crippen molar-refractivity contribution in [3.05, 3.63) is 46.4 Å². The van der Waals surface area contributed by atoms with Crippen LogP contribution in [0.25, 0.3) is 0 Å². The van der Waals surface area contributed by atoms with Crippen LogP contribution in [0.5, 0.6) is 17.2 Å². The molecule has 0 heterocycles. The second-order valence-corrected chi connectivity index (χ2v) is 6.07. The lowest BCUT2D eigenvalue weighted by Gasteiger charge is -2.15. The summed E-state index contributed by atoms with van der Waals surface area (Å²) in [5.74, 6) is 1.66. The fraction of sp³-hybridized carbons (Fsp3) is 0.278. The monoisotopic (exact) mass is 408 g/mol. The van der Waals surface area contributed by atoms with Gasteiger partial charge in [0.2, 0.25) is 5.91 Å². The van der Waals surface area contributed by atoms with Gasteiger partial charge in [0, 0.05) is 28.3 Å². The molecule has 0 atom stereocenters. The number of ether oxygens (including phenoxy) is 3. The standard InChI is InChI=1S/C18H21BrN2O4/c1-23-15-9-17(25-3)16(24-2)8-12(15)10-21-18(22)11-20-14-6-4-13(19)5-7-14/h4-9,20H,10-11H2,1-3H3,(H,21,22). The molecule has 0 aliphatic rings. The Labute approximate surface area is 155 Å². The Morgan fingerprint density at radius 1 is 0.960 bits per heavy atom. The number of halogens is 1. The molecule has 2 N–H and O–H groups in total. The molecule has 0 spiro atoms. The van der Waals surface area contributed by atoms with Crippen molar-refractivity contribution < 1.29 is 19.0 Å². The minimum atomic E-state index is -0.125. The van der Waals surface area contributed by atoms with E-state index in [-0.39, 0.29) is 12.5 Å². The van der Waals surface area contributed by atoms with Crippen molar-refractivity contribution in [1.29, 1.82) is 0 Å². The van der Waals surface area contributed by atoms with E-state index < -0.39 is 0 Å². The van der Waals surface area contributed by atoms with Gasteiger partial charge in [-0.2, -0.15) is 0 Å². The summed E-state index contributed by atoms with van der Waals surface area (Å²) in [5, 5.41) is 5.93. The topological polar surface area (TPSA) is 68.8 Å². The quantitative estimate of drug-likeness (QED) is 0.701. The Morgan fingerprint density at radius 3 is 2.16 bits per heavy atom. The maximum absolute atomic E-state index is 12.1. The molecule has 0 saturated heterocycles. The van der Waals surface area contributed by atoms with Gasteiger partial charge in [-0.3, -0.25) is 4.79 Å². The lowest BCUT2D eigenvalue weighted by atomic mass is 10.1. The van der Waals surface area contributed by atoms with Crippen LogP contribution in [0.3, 0.4) is 0 Å². The molecule has 25 heavy (non-hydrogen) atoms. The normalized spacial score (nSPS) is 10.1. The average molecular weight is 409 g/mol. The number of methoxy groups -OCH3 is 3. The fourth-order valence-electron chi connectivity index (χ4n) is 2.24. The van der Waals surface area contributed by atoms with Gasteiger partial charge < -0.3 is 24.8 Å². The zero-order chi connectivity index (χ0) is 18.2. The highest BCUT2D eigenvalue weighted by molar-refractivity contribution is 9.10. The Balaban J connectivity index is 1.95. The molecule has 0 bridgehead atoms. The van der Waals surface area contributed by atoms with Crippen LogP contribution in [0, 0.1) is 0 Å². The van der Waals surface area contributed by atoms with Gasteiger partial charge in [-0.25, -0.2) is 0 Å². The molecule has 0 aromatic heterocycles. The minimum absolute atomic E-state index is 0.125. The van der Waals surface area contributed by atoms with Crippen molar-refractivity contribution in [2.45, 2.75) is 6.54 Å². The molecule has 0 radical (unpaired) electrons. The van der Waals surface area contributed by atoms with Gasteiger partial charge in [-0.15, -0.1) is 0 Å². The molecule has 6 nitrogen and oxygen atoms in total. The van der Waals surface area contributed by atoms with Gasteiger partial charge in [-0.05, 0) is 30.3 Å². The summed E-state index contributed by atoms with van der Waals surface area (Å²) in [6, 6.07) is 11.1. The number of nitrogens with one attached hydrogen (secondary N) is 2. The first kappa shape index (κ1) is 18.9. The SMILES string of the molecule is COc1cc(OC)c(OC)cc1CNC(=O)CNc1ccc(Br)cc1. The van der Waals surface area contributed by atoms with E-state index >= 15 is 0 Å². The van der Waals surface area contributed by atoms with Gasteiger partial charge in [0.15, 0.2) is 11.5 Å². The summed E-state index contributed by atoms with van der Waals surface area (Å²) < 4.78 is 16.9. The highest BCUT2D eigenvalue weighted by Crippen LogP contribution is 2.34. The molecule has 0 saturated carbocycles. The van der Waals surface area contributed by atoms with Crippen LogP contribution in [0.2, 0.25) is 0 Å². The zero-order valence-electron chi connectivity index (χ0n) is 14.4. The van der Waals surface area contributed by atoms with Crippen LogP contribution in [0.1, 0.15) is 5.56 Å². The number of hydrogen-bond donors (Lipinski definition) is 2. The molecule has 2 aromatic rings. The summed E-state index contributed by atoms with van der Waals surface area (Å²) in [5.41, 5.74) is 1.68. The van der Waals surface area contributed by atoms with E-state index in [4.69, 9.17) is 14.2 Å². The van der Waals surface area contributed by atoms with Crippen molar-refractivity contribution in [2.24, 2.45) is 0 Å². The smallest absolute Gasteiger partial charge is 0.239 e. The molecule has 134 valence electrons. The van der Waals surface area contributed by atoms with Crippen LogP contribution < -0.4 is 24.8 Å². The van der Waals surface area contributed by atoms with Gasteiger partial charge in [0.05, 0.1) is 27.9 Å². The van der Waals surface area contributed by atoms with Crippen LogP contribution in [0.4, 0.5) is 5.69 Å². The van der Waals surface area contributed by atoms with E-state index in [0.29, 0.717) is 23.8 Å². The number of carbonyl (C=O) groups excluding carboxylic acids is 1. The molecule has 0 aliphatic heterocycles. The predicted molar refractivity (Wildman–Crippen MR) is 101 cm³/mol. The summed E-state index contributed by atoms with van der Waals surface area (Å²) >= 11 is 3.37. The number of amides is 1. The first-order valence-corrected chi connectivity index (χ1v) is 8.41. The van der Waals surface area contributed by atoms with Crippen molar-refractivity contribution in [2.75, 3.05) is 33.2 Å². The van der Waals surface area contributed by atoms with E-state index in [1.165, 1.54) is 0 Å². The third kappa shape index (κ3) is 5.29. The second kappa shape index (κ2) is 9.17. The van der Waals surface area contributed by atoms with Crippen LogP contribution in [-0.4, -0.2) is 33.8 Å². The third-order valence-electron chi connectivity index (χ3n) is 3.56. The maximum Gasteiger partial charge on any atom is 0.239 e. The molecular weight excluding hydrogens is 388 g/mol. The number of hydrogen-bond acceptors (Lipinski definition) is 5. The van der Waals surface area contributed by atoms with Crippen molar-refractivity contribution >= 4 is 27.5 Å². The van der Waals surface area contributed by atoms with Crippen molar-refractivity contribution in [3.63, 3.8) is 0 Å². The Morgan fingerprint density at radius 2 is 1.56 bits per heavy atom. The highest BCUT2D eigenvalue weighted by atomic mass is 79.9. The maximum atomic E-state index is 12.1. The molecule has 0 aliphatic carbocycles. The summed E-state index contributed by atoms with van der Waals surface area (Å²) in [6.45, 7) is 0.502. The van der Waals surface area contributed by atoms with Crippen molar-refractivity contribution in [3.8, 4) is 17.2 Å². The molecule has 0 unspecified atom stereocenters. The largest absolute Gasteiger partial charge is 0.496 e. The average Bonchev–Trinajstić information content (AvgIpc) is 2.65. The number of benzene rings is 2. The van der Waals surface area contributed by atoms with E-state index in [1.54, 1.807) is 33.5 Å². The lowest BCUT2D eigenvalue weighted by molar-refractivity contribution is -0.119. The number of rotatable bonds is 8. The van der Waals surface area contributed by atoms with Gasteiger partial charge in [-0.1, -0.05) is 15.9 Å². The van der Waals surface area contributed by atoms with E-state index in [1.807, 2.05) is 24.3 Å². The summed E-state index contributed by atoms with van der Waals surface area (Å²) in [4.78, 5) is 12.1. The molecule has 7 heteroatoms. The molecular formula is C18H21BrN2O4. The Kier molecular flexibility index (Phi) is 6.94. The molecule has 1 amide bonds. The van der Waals surface area contributed by atoms with E-state index in [2.05, 4.69) is 26.6 Å². The predicted octanol–water partition coefficient (Wildman–Crippen LogP) is 3.20. The van der Waals surface area contributed by atoms with Gasteiger partial charge in [0.1, 0.15) is 5.75 Å². The van der Waals surface area contributed by atoms with Crippen LogP contribution >= 0.6 is 15.9 Å². The van der Waals surface area contributed by atoms with Gasteiger partial charge in [0.25, 0.3) is 0 Å². The highest BCUT2D eigenvalue weighted by Gasteiger charge is 2.12. The lowest BCUT2D eigenvalue weighted by Crippen LogP contribution is -2.29. The van der Waals surface area contributed by atoms with Crippen molar-refractivity contribution in [1.82, 2.24) is 5.32 Å². The Bertz CT molecular complexity index is 720. The van der Waals surface area contributed by atoms with E-state index in [9.17, 15) is 4.79 Å². The second-order valence-electron chi connectivity index (χ2n) is 5.16. The van der Waals surface area contributed by atoms with Crippen LogP contribution in [0.15, 0.2) is 40.9 Å².